The van der Waals surface area contributed by atoms with Crippen LogP contribution in [0.25, 0.3) is 0 Å². The van der Waals surface area contributed by atoms with E-state index in [1.54, 1.807) is 0 Å². The van der Waals surface area contributed by atoms with Crippen molar-refractivity contribution in [2.24, 2.45) is 5.73 Å². The molecule has 0 aromatic heterocycles. The van der Waals surface area contributed by atoms with Crippen LogP contribution in [0.4, 0.5) is 13.2 Å². The largest absolute Gasteiger partial charge is 0.489 e. The van der Waals surface area contributed by atoms with Gasteiger partial charge in [0.25, 0.3) is 0 Å². The first-order valence-electron chi connectivity index (χ1n) is 5.55. The molecular weight excluding hydrogens is 295 g/mol. The standard InChI is InChI=1S/C12H12F3NO5/c1-11(20,10(18)19)5-21-8-3-2-6(9(16)17)4-7(8)12(13,14)15/h2-4,20H,5H2,1H3,(H2,16,17)(H,18,19). The number of benzene rings is 1. The van der Waals surface area contributed by atoms with Crippen LogP contribution in [0.5, 0.6) is 5.75 Å². The summed E-state index contributed by atoms with van der Waals surface area (Å²) in [4.78, 5) is 21.5. The Morgan fingerprint density at radius 2 is 1.90 bits per heavy atom. The van der Waals surface area contributed by atoms with E-state index in [0.29, 0.717) is 6.07 Å². The number of primary amides is 1. The Bertz CT molecular complexity index is 569. The second-order valence-corrected chi connectivity index (χ2v) is 4.44. The molecule has 116 valence electrons. The van der Waals surface area contributed by atoms with Crippen molar-refractivity contribution in [1.82, 2.24) is 0 Å². The molecule has 9 heteroatoms. The number of carboxylic acids is 1. The van der Waals surface area contributed by atoms with Crippen molar-refractivity contribution in [1.29, 1.82) is 0 Å². The molecule has 0 bridgehead atoms. The van der Waals surface area contributed by atoms with Gasteiger partial charge in [-0.25, -0.2) is 4.79 Å². The van der Waals surface area contributed by atoms with Crippen LogP contribution in [0.3, 0.4) is 0 Å². The van der Waals surface area contributed by atoms with Gasteiger partial charge in [-0.2, -0.15) is 13.2 Å². The summed E-state index contributed by atoms with van der Waals surface area (Å²) in [6, 6.07) is 2.33. The Labute approximate surface area is 116 Å². The summed E-state index contributed by atoms with van der Waals surface area (Å²) in [5.41, 5.74) is 0.871. The van der Waals surface area contributed by atoms with Gasteiger partial charge in [0.15, 0.2) is 5.60 Å². The number of carbonyl (C=O) groups is 2. The zero-order valence-electron chi connectivity index (χ0n) is 10.8. The second kappa shape index (κ2) is 5.60. The van der Waals surface area contributed by atoms with Crippen molar-refractivity contribution >= 4 is 11.9 Å². The zero-order valence-corrected chi connectivity index (χ0v) is 10.8. The number of alkyl halides is 3. The number of amides is 1. The number of ether oxygens (including phenoxy) is 1. The minimum Gasteiger partial charge on any atom is -0.489 e. The molecule has 1 amide bonds. The molecule has 0 fully saturated rings. The van der Waals surface area contributed by atoms with Crippen LogP contribution in [0, 0.1) is 0 Å². The fourth-order valence-corrected chi connectivity index (χ4v) is 1.31. The van der Waals surface area contributed by atoms with Crippen LogP contribution in [0.1, 0.15) is 22.8 Å². The first-order valence-corrected chi connectivity index (χ1v) is 5.55. The highest BCUT2D eigenvalue weighted by molar-refractivity contribution is 5.93. The third kappa shape index (κ3) is 4.09. The quantitative estimate of drug-likeness (QED) is 0.752. The van der Waals surface area contributed by atoms with Crippen molar-refractivity contribution in [2.45, 2.75) is 18.7 Å². The maximum atomic E-state index is 12.9. The fourth-order valence-electron chi connectivity index (χ4n) is 1.31. The molecular formula is C12H12F3NO5. The highest BCUT2D eigenvalue weighted by atomic mass is 19.4. The molecule has 1 atom stereocenters. The van der Waals surface area contributed by atoms with Gasteiger partial charge >= 0.3 is 12.1 Å². The minimum atomic E-state index is -4.84. The van der Waals surface area contributed by atoms with Crippen molar-refractivity contribution < 1.29 is 37.7 Å². The smallest absolute Gasteiger partial charge is 0.419 e. The minimum absolute atomic E-state index is 0.375. The first-order chi connectivity index (χ1) is 9.45. The van der Waals surface area contributed by atoms with E-state index in [0.717, 1.165) is 19.1 Å². The number of rotatable bonds is 5. The van der Waals surface area contributed by atoms with E-state index in [-0.39, 0.29) is 5.56 Å². The molecule has 0 saturated carbocycles. The van der Waals surface area contributed by atoms with Crippen molar-refractivity contribution in [3.63, 3.8) is 0 Å². The molecule has 0 radical (unpaired) electrons. The molecule has 1 rings (SSSR count). The number of hydrogen-bond acceptors (Lipinski definition) is 4. The van der Waals surface area contributed by atoms with E-state index in [1.807, 2.05) is 0 Å². The Hall–Kier alpha value is -2.29. The average molecular weight is 307 g/mol. The van der Waals surface area contributed by atoms with E-state index < -0.39 is 41.6 Å². The van der Waals surface area contributed by atoms with E-state index >= 15 is 0 Å². The topological polar surface area (TPSA) is 110 Å². The normalized spacial score (nSPS) is 14.3. The number of aliphatic carboxylic acids is 1. The third-order valence-electron chi connectivity index (χ3n) is 2.54. The predicted molar refractivity (Wildman–Crippen MR) is 63.7 cm³/mol. The molecule has 6 nitrogen and oxygen atoms in total. The molecule has 0 aliphatic heterocycles. The Kier molecular flexibility index (Phi) is 4.47. The van der Waals surface area contributed by atoms with Crippen LogP contribution in [-0.2, 0) is 11.0 Å². The molecule has 21 heavy (non-hydrogen) atoms. The predicted octanol–water partition coefficient (Wildman–Crippen LogP) is 1.02. The zero-order chi connectivity index (χ0) is 16.4. The van der Waals surface area contributed by atoms with Gasteiger partial charge in [0.05, 0.1) is 5.56 Å². The van der Waals surface area contributed by atoms with Crippen LogP contribution in [0.15, 0.2) is 18.2 Å². The summed E-state index contributed by atoms with van der Waals surface area (Å²) in [6.45, 7) is -0.0261. The molecule has 4 N–H and O–H groups in total. The highest BCUT2D eigenvalue weighted by Crippen LogP contribution is 2.37. The monoisotopic (exact) mass is 307 g/mol. The second-order valence-electron chi connectivity index (χ2n) is 4.44. The van der Waals surface area contributed by atoms with Gasteiger partial charge in [0.2, 0.25) is 5.91 Å². The SMILES string of the molecule is CC(O)(COc1ccc(C(N)=O)cc1C(F)(F)F)C(=O)O. The summed E-state index contributed by atoms with van der Waals surface area (Å²) in [5.74, 6) is -3.41. The molecule has 1 unspecified atom stereocenters. The van der Waals surface area contributed by atoms with Crippen LogP contribution in [0.2, 0.25) is 0 Å². The Balaban J connectivity index is 3.13. The average Bonchev–Trinajstić information content (AvgIpc) is 2.34. The number of hydrogen-bond donors (Lipinski definition) is 3. The fraction of sp³-hybridized carbons (Fsp3) is 0.333. The molecule has 0 heterocycles. The van der Waals surface area contributed by atoms with Crippen LogP contribution >= 0.6 is 0 Å². The number of nitrogens with two attached hydrogens (primary N) is 1. The lowest BCUT2D eigenvalue weighted by molar-refractivity contribution is -0.159. The molecule has 0 aliphatic rings. The van der Waals surface area contributed by atoms with Gasteiger partial charge in [0, 0.05) is 5.56 Å². The number of halogens is 3. The highest BCUT2D eigenvalue weighted by Gasteiger charge is 2.37. The number of carbonyl (C=O) groups excluding carboxylic acids is 1. The molecule has 0 saturated heterocycles. The molecule has 0 spiro atoms. The van der Waals surface area contributed by atoms with Gasteiger partial charge < -0.3 is 20.7 Å². The van der Waals surface area contributed by atoms with Crippen molar-refractivity contribution in [3.8, 4) is 5.75 Å². The van der Waals surface area contributed by atoms with Crippen LogP contribution in [-0.4, -0.2) is 34.3 Å². The maximum absolute atomic E-state index is 12.9. The Morgan fingerprint density at radius 1 is 1.33 bits per heavy atom. The summed E-state index contributed by atoms with van der Waals surface area (Å²) >= 11 is 0. The van der Waals surface area contributed by atoms with Crippen LogP contribution < -0.4 is 10.5 Å². The Morgan fingerprint density at radius 3 is 2.33 bits per heavy atom. The summed E-state index contributed by atoms with van der Waals surface area (Å²) in [6.07, 6.45) is -4.84. The van der Waals surface area contributed by atoms with E-state index in [2.05, 4.69) is 0 Å². The van der Waals surface area contributed by atoms with Gasteiger partial charge in [-0.05, 0) is 25.1 Å². The number of aliphatic hydroxyl groups is 1. The maximum Gasteiger partial charge on any atom is 0.419 e. The van der Waals surface area contributed by atoms with E-state index in [4.69, 9.17) is 15.6 Å². The van der Waals surface area contributed by atoms with E-state index in [1.165, 1.54) is 0 Å². The molecule has 0 aliphatic carbocycles. The van der Waals surface area contributed by atoms with Gasteiger partial charge in [0.1, 0.15) is 12.4 Å². The van der Waals surface area contributed by atoms with E-state index in [9.17, 15) is 27.9 Å². The summed E-state index contributed by atoms with van der Waals surface area (Å²) < 4.78 is 43.3. The molecule has 1 aromatic carbocycles. The molecule has 1 aromatic rings. The first kappa shape index (κ1) is 16.8. The summed E-state index contributed by atoms with van der Waals surface area (Å²) in [5, 5.41) is 18.1. The third-order valence-corrected chi connectivity index (χ3v) is 2.54. The van der Waals surface area contributed by atoms with Crippen molar-refractivity contribution in [2.75, 3.05) is 6.61 Å². The lowest BCUT2D eigenvalue weighted by atomic mass is 10.1. The lowest BCUT2D eigenvalue weighted by Gasteiger charge is -2.20. The number of carboxylic acid groups (broad SMARTS) is 1. The lowest BCUT2D eigenvalue weighted by Crippen LogP contribution is -2.41. The van der Waals surface area contributed by atoms with Gasteiger partial charge in [-0.1, -0.05) is 0 Å². The van der Waals surface area contributed by atoms with Crippen molar-refractivity contribution in [3.05, 3.63) is 29.3 Å². The van der Waals surface area contributed by atoms with Gasteiger partial charge in [-0.3, -0.25) is 4.79 Å². The van der Waals surface area contributed by atoms with Gasteiger partial charge in [-0.15, -0.1) is 0 Å². The summed E-state index contributed by atoms with van der Waals surface area (Å²) in [7, 11) is 0.